The fraction of sp³-hybridized carbons (Fsp3) is 0.800. The zero-order valence-electron chi connectivity index (χ0n) is 10.3. The van der Waals surface area contributed by atoms with Gasteiger partial charge in [0.15, 0.2) is 0 Å². The Morgan fingerprint density at radius 2 is 2.18 bits per heavy atom. The molecular weight excluding hydrogens is 224 g/mol. The van der Waals surface area contributed by atoms with Crippen LogP contribution < -0.4 is 11.1 Å². The average Bonchev–Trinajstić information content (AvgIpc) is 2.31. The molecule has 2 amide bonds. The first kappa shape index (κ1) is 13.9. The number of methoxy groups -OCH3 is 1. The second-order valence-electron chi connectivity index (χ2n) is 4.16. The fourth-order valence-corrected chi connectivity index (χ4v) is 1.87. The van der Waals surface area contributed by atoms with Crippen LogP contribution in [-0.2, 0) is 9.53 Å². The number of hydrogen-bond acceptors (Lipinski definition) is 6. The Morgan fingerprint density at radius 1 is 1.47 bits per heavy atom. The van der Waals surface area contributed by atoms with E-state index in [4.69, 9.17) is 5.73 Å². The lowest BCUT2D eigenvalue weighted by Crippen LogP contribution is -2.57. The van der Waals surface area contributed by atoms with E-state index in [-0.39, 0.29) is 18.5 Å². The van der Waals surface area contributed by atoms with E-state index in [1.807, 2.05) is 11.9 Å². The van der Waals surface area contributed by atoms with Crippen LogP contribution in [0.3, 0.4) is 0 Å². The summed E-state index contributed by atoms with van der Waals surface area (Å²) < 4.78 is 4.36. The van der Waals surface area contributed by atoms with Crippen LogP contribution in [0.4, 0.5) is 4.79 Å². The first-order chi connectivity index (χ1) is 8.06. The maximum atomic E-state index is 11.5. The Kier molecular flexibility index (Phi) is 5.33. The van der Waals surface area contributed by atoms with Gasteiger partial charge >= 0.3 is 6.09 Å². The van der Waals surface area contributed by atoms with Gasteiger partial charge in [-0.1, -0.05) is 0 Å². The molecule has 1 rings (SSSR count). The maximum Gasteiger partial charge on any atom is 0.413 e. The Bertz CT molecular complexity index is 285. The lowest BCUT2D eigenvalue weighted by Gasteiger charge is -2.38. The Hall–Kier alpha value is -1.18. The SMILES string of the molecule is COC(=O)NC(=O)CN1CCN(C)CC1CN. The number of nitrogens with zero attached hydrogens (tertiary/aromatic N) is 2. The molecule has 0 spiro atoms. The normalized spacial score (nSPS) is 22.2. The molecule has 1 fully saturated rings. The molecule has 7 nitrogen and oxygen atoms in total. The summed E-state index contributed by atoms with van der Waals surface area (Å²) in [6.45, 7) is 3.16. The van der Waals surface area contributed by atoms with E-state index in [0.29, 0.717) is 6.54 Å². The van der Waals surface area contributed by atoms with Crippen molar-refractivity contribution in [2.75, 3.05) is 46.9 Å². The Labute approximate surface area is 101 Å². The highest BCUT2D eigenvalue weighted by Crippen LogP contribution is 2.06. The Morgan fingerprint density at radius 3 is 2.76 bits per heavy atom. The molecule has 0 aromatic carbocycles. The van der Waals surface area contributed by atoms with Crippen LogP contribution in [0.25, 0.3) is 0 Å². The highest BCUT2D eigenvalue weighted by atomic mass is 16.5. The van der Waals surface area contributed by atoms with Gasteiger partial charge in [0.25, 0.3) is 0 Å². The zero-order chi connectivity index (χ0) is 12.8. The van der Waals surface area contributed by atoms with Crippen LogP contribution >= 0.6 is 0 Å². The molecular formula is C10H20N4O3. The van der Waals surface area contributed by atoms with Gasteiger partial charge in [0.05, 0.1) is 13.7 Å². The fourth-order valence-electron chi connectivity index (χ4n) is 1.87. The number of nitrogens with one attached hydrogen (secondary N) is 1. The maximum absolute atomic E-state index is 11.5. The monoisotopic (exact) mass is 244 g/mol. The lowest BCUT2D eigenvalue weighted by atomic mass is 10.1. The van der Waals surface area contributed by atoms with Gasteiger partial charge in [-0.15, -0.1) is 0 Å². The van der Waals surface area contributed by atoms with E-state index in [1.165, 1.54) is 7.11 Å². The molecule has 0 aromatic rings. The molecule has 7 heteroatoms. The third-order valence-corrected chi connectivity index (χ3v) is 2.85. The first-order valence-electron chi connectivity index (χ1n) is 5.57. The highest BCUT2D eigenvalue weighted by Gasteiger charge is 2.26. The molecule has 0 bridgehead atoms. The molecule has 3 N–H and O–H groups in total. The van der Waals surface area contributed by atoms with Crippen molar-refractivity contribution in [1.29, 1.82) is 0 Å². The summed E-state index contributed by atoms with van der Waals surface area (Å²) in [6, 6.07) is 0.150. The van der Waals surface area contributed by atoms with Gasteiger partial charge in [-0.2, -0.15) is 0 Å². The number of likely N-dealkylation sites (N-methyl/N-ethyl adjacent to an activating group) is 1. The van der Waals surface area contributed by atoms with E-state index in [1.54, 1.807) is 0 Å². The number of carbonyl (C=O) groups excluding carboxylic acids is 2. The standard InChI is InChI=1S/C10H20N4O3/c1-13-3-4-14(8(5-11)6-13)7-9(15)12-10(16)17-2/h8H,3-7,11H2,1-2H3,(H,12,15,16). The Balaban J connectivity index is 2.43. The molecule has 1 heterocycles. The summed E-state index contributed by atoms with van der Waals surface area (Å²) >= 11 is 0. The second-order valence-corrected chi connectivity index (χ2v) is 4.16. The van der Waals surface area contributed by atoms with Crippen LogP contribution in [0, 0.1) is 0 Å². The number of imide groups is 1. The van der Waals surface area contributed by atoms with Crippen molar-refractivity contribution < 1.29 is 14.3 Å². The topological polar surface area (TPSA) is 87.9 Å². The molecule has 0 saturated carbocycles. The predicted molar refractivity (Wildman–Crippen MR) is 62.5 cm³/mol. The number of hydrogen-bond donors (Lipinski definition) is 2. The van der Waals surface area contributed by atoms with E-state index in [2.05, 4.69) is 15.0 Å². The number of piperazine rings is 1. The van der Waals surface area contributed by atoms with Crippen LogP contribution in [0.15, 0.2) is 0 Å². The molecule has 0 radical (unpaired) electrons. The van der Waals surface area contributed by atoms with E-state index < -0.39 is 6.09 Å². The van der Waals surface area contributed by atoms with Gasteiger partial charge < -0.3 is 15.4 Å². The van der Waals surface area contributed by atoms with Gasteiger partial charge in [-0.3, -0.25) is 15.0 Å². The summed E-state index contributed by atoms with van der Waals surface area (Å²) in [7, 11) is 3.25. The minimum atomic E-state index is -0.728. The predicted octanol–water partition coefficient (Wildman–Crippen LogP) is -1.56. The number of amides is 2. The van der Waals surface area contributed by atoms with Crippen LogP contribution in [0.1, 0.15) is 0 Å². The summed E-state index contributed by atoms with van der Waals surface area (Å²) in [6.07, 6.45) is -0.728. The van der Waals surface area contributed by atoms with Crippen molar-refractivity contribution in [2.24, 2.45) is 5.73 Å². The van der Waals surface area contributed by atoms with Crippen molar-refractivity contribution >= 4 is 12.0 Å². The minimum Gasteiger partial charge on any atom is -0.453 e. The summed E-state index contributed by atoms with van der Waals surface area (Å²) in [5, 5.41) is 2.14. The van der Waals surface area contributed by atoms with Crippen molar-refractivity contribution in [3.8, 4) is 0 Å². The minimum absolute atomic E-state index is 0.150. The third-order valence-electron chi connectivity index (χ3n) is 2.85. The van der Waals surface area contributed by atoms with Crippen LogP contribution in [-0.4, -0.2) is 74.7 Å². The van der Waals surface area contributed by atoms with E-state index in [0.717, 1.165) is 19.6 Å². The second kappa shape index (κ2) is 6.53. The zero-order valence-corrected chi connectivity index (χ0v) is 10.3. The molecule has 1 aliphatic rings. The molecule has 1 aliphatic heterocycles. The molecule has 17 heavy (non-hydrogen) atoms. The molecule has 0 aromatic heterocycles. The molecule has 1 unspecified atom stereocenters. The largest absolute Gasteiger partial charge is 0.453 e. The third kappa shape index (κ3) is 4.29. The van der Waals surface area contributed by atoms with Crippen molar-refractivity contribution in [3.05, 3.63) is 0 Å². The van der Waals surface area contributed by atoms with Crippen LogP contribution in [0.5, 0.6) is 0 Å². The van der Waals surface area contributed by atoms with Gasteiger partial charge in [0.1, 0.15) is 0 Å². The summed E-state index contributed by atoms with van der Waals surface area (Å²) in [5.41, 5.74) is 5.67. The molecule has 1 saturated heterocycles. The lowest BCUT2D eigenvalue weighted by molar-refractivity contribution is -0.122. The molecule has 1 atom stereocenters. The molecule has 98 valence electrons. The van der Waals surface area contributed by atoms with Crippen molar-refractivity contribution in [2.45, 2.75) is 6.04 Å². The quantitative estimate of drug-likeness (QED) is 0.624. The highest BCUT2D eigenvalue weighted by molar-refractivity contribution is 5.92. The number of rotatable bonds is 3. The first-order valence-corrected chi connectivity index (χ1v) is 5.57. The number of ether oxygens (including phenoxy) is 1. The van der Waals surface area contributed by atoms with Gasteiger partial charge in [0, 0.05) is 32.2 Å². The number of alkyl carbamates (subject to hydrolysis) is 1. The van der Waals surface area contributed by atoms with Gasteiger partial charge in [0.2, 0.25) is 5.91 Å². The van der Waals surface area contributed by atoms with E-state index >= 15 is 0 Å². The summed E-state index contributed by atoms with van der Waals surface area (Å²) in [5.74, 6) is -0.361. The molecule has 0 aliphatic carbocycles. The van der Waals surface area contributed by atoms with Crippen molar-refractivity contribution in [3.63, 3.8) is 0 Å². The summed E-state index contributed by atoms with van der Waals surface area (Å²) in [4.78, 5) is 26.5. The average molecular weight is 244 g/mol. The van der Waals surface area contributed by atoms with E-state index in [9.17, 15) is 9.59 Å². The van der Waals surface area contributed by atoms with Crippen LogP contribution in [0.2, 0.25) is 0 Å². The van der Waals surface area contributed by atoms with Crippen molar-refractivity contribution in [1.82, 2.24) is 15.1 Å². The smallest absolute Gasteiger partial charge is 0.413 e. The van der Waals surface area contributed by atoms with Gasteiger partial charge in [-0.25, -0.2) is 4.79 Å². The van der Waals surface area contributed by atoms with Gasteiger partial charge in [-0.05, 0) is 7.05 Å². The number of carbonyl (C=O) groups is 2. The number of nitrogens with two attached hydrogens (primary N) is 1.